The van der Waals surface area contributed by atoms with E-state index in [1.54, 1.807) is 11.8 Å². The zero-order valence-corrected chi connectivity index (χ0v) is 20.5. The number of hydrogen-bond donors (Lipinski definition) is 3. The van der Waals surface area contributed by atoms with Gasteiger partial charge in [0.1, 0.15) is 23.5 Å². The number of nitrogens with zero attached hydrogens (tertiary/aromatic N) is 3. The van der Waals surface area contributed by atoms with Crippen LogP contribution in [0, 0.1) is 11.3 Å². The first-order valence-corrected chi connectivity index (χ1v) is 12.0. The molecule has 2 fully saturated rings. The molecule has 9 nitrogen and oxygen atoms in total. The lowest BCUT2D eigenvalue weighted by Crippen LogP contribution is -2.41. The first kappa shape index (κ1) is 25.1. The SMILES string of the molecule is CC1=N/C(=C2\CN(C(=O)C3CC=C(F)C=C3OC3CCN(CC(=O)O)CC3)CC2=N)NC(C)=C1Cl. The number of carbonyl (C=O) groups is 2. The number of likely N-dealkylation sites (tertiary alicyclic amines) is 2. The van der Waals surface area contributed by atoms with Crippen LogP contribution < -0.4 is 5.32 Å². The topological polar surface area (TPSA) is 118 Å². The van der Waals surface area contributed by atoms with Crippen molar-refractivity contribution in [2.45, 2.75) is 39.2 Å². The van der Waals surface area contributed by atoms with Crippen LogP contribution in [-0.4, -0.2) is 77.0 Å². The molecule has 1 unspecified atom stereocenters. The molecule has 0 saturated carbocycles. The van der Waals surface area contributed by atoms with Crippen molar-refractivity contribution in [1.82, 2.24) is 15.1 Å². The monoisotopic (exact) mass is 505 g/mol. The zero-order chi connectivity index (χ0) is 25.3. The molecule has 0 aromatic rings. The summed E-state index contributed by atoms with van der Waals surface area (Å²) in [6.07, 6.45) is 3.79. The lowest BCUT2D eigenvalue weighted by Gasteiger charge is -2.34. The molecule has 1 amide bonds. The minimum atomic E-state index is -0.874. The van der Waals surface area contributed by atoms with E-state index in [4.69, 9.17) is 26.9 Å². The van der Waals surface area contributed by atoms with Crippen LogP contribution in [0.5, 0.6) is 0 Å². The molecule has 3 heterocycles. The highest BCUT2D eigenvalue weighted by Crippen LogP contribution is 2.32. The third-order valence-corrected chi connectivity index (χ3v) is 7.12. The summed E-state index contributed by atoms with van der Waals surface area (Å²) in [5, 5.41) is 21.1. The number of allylic oxidation sites excluding steroid dienone is 5. The van der Waals surface area contributed by atoms with Gasteiger partial charge in [-0.15, -0.1) is 0 Å². The summed E-state index contributed by atoms with van der Waals surface area (Å²) in [6.45, 7) is 5.06. The van der Waals surface area contributed by atoms with Crippen LogP contribution in [0.2, 0.25) is 0 Å². The van der Waals surface area contributed by atoms with E-state index in [0.717, 1.165) is 5.70 Å². The molecule has 0 bridgehead atoms. The lowest BCUT2D eigenvalue weighted by atomic mass is 9.95. The van der Waals surface area contributed by atoms with E-state index in [1.165, 1.54) is 12.2 Å². The van der Waals surface area contributed by atoms with Gasteiger partial charge in [-0.2, -0.15) is 0 Å². The number of carbonyl (C=O) groups excluding carboxylic acids is 1. The summed E-state index contributed by atoms with van der Waals surface area (Å²) < 4.78 is 20.2. The number of amides is 1. The number of aliphatic imine (C=N–C) groups is 1. The number of carboxylic acids is 1. The van der Waals surface area contributed by atoms with Gasteiger partial charge in [0, 0.05) is 30.4 Å². The fourth-order valence-electron chi connectivity index (χ4n) is 4.66. The molecule has 4 aliphatic rings. The molecule has 0 radical (unpaired) electrons. The van der Waals surface area contributed by atoms with Gasteiger partial charge in [-0.3, -0.25) is 14.5 Å². The highest BCUT2D eigenvalue weighted by molar-refractivity contribution is 6.43. The van der Waals surface area contributed by atoms with Crippen LogP contribution in [-0.2, 0) is 14.3 Å². The van der Waals surface area contributed by atoms with Gasteiger partial charge in [-0.05, 0) is 39.2 Å². The van der Waals surface area contributed by atoms with Crippen molar-refractivity contribution in [3.05, 3.63) is 45.9 Å². The summed E-state index contributed by atoms with van der Waals surface area (Å²) in [5.74, 6) is -1.43. The fourth-order valence-corrected chi connectivity index (χ4v) is 4.75. The van der Waals surface area contributed by atoms with E-state index in [0.29, 0.717) is 48.1 Å². The number of nitrogens with one attached hydrogen (secondary N) is 2. The molecule has 2 saturated heterocycles. The largest absolute Gasteiger partial charge is 0.494 e. The summed E-state index contributed by atoms with van der Waals surface area (Å²) >= 11 is 6.21. The number of halogens is 2. The second-order valence-electron chi connectivity index (χ2n) is 9.17. The number of rotatable bonds is 5. The predicted molar refractivity (Wildman–Crippen MR) is 130 cm³/mol. The van der Waals surface area contributed by atoms with Crippen molar-refractivity contribution in [2.24, 2.45) is 10.9 Å². The van der Waals surface area contributed by atoms with Crippen LogP contribution in [0.4, 0.5) is 4.39 Å². The molecule has 1 atom stereocenters. The Labute approximate surface area is 208 Å². The lowest BCUT2D eigenvalue weighted by molar-refractivity contribution is -0.139. The molecule has 4 rings (SSSR count). The van der Waals surface area contributed by atoms with E-state index >= 15 is 0 Å². The Morgan fingerprint density at radius 1 is 1.31 bits per heavy atom. The maximum absolute atomic E-state index is 14.1. The summed E-state index contributed by atoms with van der Waals surface area (Å²) in [5.41, 5.74) is 2.29. The Balaban J connectivity index is 1.44. The van der Waals surface area contributed by atoms with Crippen molar-refractivity contribution in [1.29, 1.82) is 5.41 Å². The van der Waals surface area contributed by atoms with Gasteiger partial charge in [0.15, 0.2) is 0 Å². The molecule has 188 valence electrons. The van der Waals surface area contributed by atoms with Crippen molar-refractivity contribution < 1.29 is 23.8 Å². The highest BCUT2D eigenvalue weighted by atomic mass is 35.5. The molecular formula is C24H29ClFN5O4. The average molecular weight is 506 g/mol. The van der Waals surface area contributed by atoms with Crippen LogP contribution in [0.25, 0.3) is 0 Å². The summed E-state index contributed by atoms with van der Waals surface area (Å²) in [4.78, 5) is 32.3. The first-order chi connectivity index (χ1) is 16.6. The Bertz CT molecular complexity index is 1100. The van der Waals surface area contributed by atoms with Crippen LogP contribution >= 0.6 is 11.6 Å². The molecular weight excluding hydrogens is 477 g/mol. The number of aliphatic carboxylic acids is 1. The Kier molecular flexibility index (Phi) is 7.42. The minimum Gasteiger partial charge on any atom is -0.494 e. The average Bonchev–Trinajstić information content (AvgIpc) is 3.19. The van der Waals surface area contributed by atoms with Gasteiger partial charge in [0.05, 0.1) is 42.0 Å². The molecule has 0 aromatic heterocycles. The van der Waals surface area contributed by atoms with Gasteiger partial charge < -0.3 is 25.5 Å². The quantitative estimate of drug-likeness (QED) is 0.528. The van der Waals surface area contributed by atoms with E-state index in [1.807, 2.05) is 11.8 Å². The van der Waals surface area contributed by atoms with Gasteiger partial charge in [-0.1, -0.05) is 11.6 Å². The molecule has 0 spiro atoms. The molecule has 3 aliphatic heterocycles. The van der Waals surface area contributed by atoms with Gasteiger partial charge in [0.25, 0.3) is 0 Å². The molecule has 0 aromatic carbocycles. The smallest absolute Gasteiger partial charge is 0.317 e. The second kappa shape index (κ2) is 10.3. The Morgan fingerprint density at radius 2 is 2.03 bits per heavy atom. The molecule has 35 heavy (non-hydrogen) atoms. The van der Waals surface area contributed by atoms with Gasteiger partial charge in [0.2, 0.25) is 5.91 Å². The van der Waals surface area contributed by atoms with E-state index < -0.39 is 17.7 Å². The predicted octanol–water partition coefficient (Wildman–Crippen LogP) is 2.92. The summed E-state index contributed by atoms with van der Waals surface area (Å²) in [6, 6.07) is 0. The van der Waals surface area contributed by atoms with Crippen molar-refractivity contribution in [2.75, 3.05) is 32.7 Å². The normalized spacial score (nSPS) is 26.3. The van der Waals surface area contributed by atoms with Crippen LogP contribution in [0.15, 0.2) is 50.9 Å². The molecule has 11 heteroatoms. The van der Waals surface area contributed by atoms with Gasteiger partial charge in [-0.25, -0.2) is 9.38 Å². The zero-order valence-electron chi connectivity index (χ0n) is 19.7. The van der Waals surface area contributed by atoms with Crippen molar-refractivity contribution >= 4 is 34.9 Å². The third kappa shape index (κ3) is 5.65. The maximum Gasteiger partial charge on any atom is 0.317 e. The fraction of sp³-hybridized carbons (Fsp3) is 0.500. The van der Waals surface area contributed by atoms with Crippen LogP contribution in [0.3, 0.4) is 0 Å². The van der Waals surface area contributed by atoms with E-state index in [-0.39, 0.29) is 49.5 Å². The minimum absolute atomic E-state index is 0.0212. The van der Waals surface area contributed by atoms with Crippen molar-refractivity contribution in [3.63, 3.8) is 0 Å². The second-order valence-corrected chi connectivity index (χ2v) is 9.55. The van der Waals surface area contributed by atoms with Crippen molar-refractivity contribution in [3.8, 4) is 0 Å². The Morgan fingerprint density at radius 3 is 2.69 bits per heavy atom. The maximum atomic E-state index is 14.1. The molecule has 3 N–H and O–H groups in total. The van der Waals surface area contributed by atoms with Gasteiger partial charge >= 0.3 is 5.97 Å². The number of ether oxygens (including phenoxy) is 1. The number of carboxylic acid groups (broad SMARTS) is 1. The van der Waals surface area contributed by atoms with Crippen LogP contribution in [0.1, 0.15) is 33.1 Å². The molecule has 1 aliphatic carbocycles. The number of piperidine rings is 1. The Hall–Kier alpha value is -2.98. The summed E-state index contributed by atoms with van der Waals surface area (Å²) in [7, 11) is 0. The third-order valence-electron chi connectivity index (χ3n) is 6.56. The van der Waals surface area contributed by atoms with E-state index in [2.05, 4.69) is 10.3 Å². The van der Waals surface area contributed by atoms with E-state index in [9.17, 15) is 14.0 Å². The number of hydrogen-bond acceptors (Lipinski definition) is 7. The highest BCUT2D eigenvalue weighted by Gasteiger charge is 2.37. The first-order valence-electron chi connectivity index (χ1n) is 11.6. The standard InChI is InChI=1S/C24H29ClFN5O4/c1-13-22(25)14(2)29-23(28-13)18-10-31(11-19(18)27)24(34)17-4-3-15(26)9-20(17)35-16-5-7-30(8-6-16)12-21(32)33/h3,9,16-17,27-28H,4-8,10-12H2,1-2H3,(H,32,33)/b23-18+,27-19?.